The highest BCUT2D eigenvalue weighted by Crippen LogP contribution is 2.26. The standard InChI is InChI=1S/C19H24N6.ClH/c1-3-5-15-11-18(25-9-4-6-13(25)2)24-19(22-15)23-16-7-8-17(21)14(10-16)12-20;/h7-8,10-11,13H,3-6,9,21H2,1-2H3,(H,22,23,24);1H/t13-;/m1./s1. The molecule has 2 aromatic rings. The van der Waals surface area contributed by atoms with Crippen LogP contribution in [-0.4, -0.2) is 22.6 Å². The first-order valence-electron chi connectivity index (χ1n) is 8.82. The molecule has 1 atom stereocenters. The molecule has 7 heteroatoms. The summed E-state index contributed by atoms with van der Waals surface area (Å²) in [7, 11) is 0. The fraction of sp³-hybridized carbons (Fsp3) is 0.421. The number of halogens is 1. The zero-order chi connectivity index (χ0) is 17.8. The van der Waals surface area contributed by atoms with Gasteiger partial charge < -0.3 is 16.0 Å². The number of anilines is 4. The number of rotatable bonds is 5. The lowest BCUT2D eigenvalue weighted by Gasteiger charge is -2.23. The Morgan fingerprint density at radius 3 is 2.81 bits per heavy atom. The molecule has 1 aliphatic rings. The smallest absolute Gasteiger partial charge is 0.229 e. The molecular formula is C19H25ClN6. The van der Waals surface area contributed by atoms with Gasteiger partial charge in [-0.15, -0.1) is 12.4 Å². The predicted molar refractivity (Wildman–Crippen MR) is 108 cm³/mol. The Labute approximate surface area is 160 Å². The van der Waals surface area contributed by atoms with Gasteiger partial charge in [-0.25, -0.2) is 4.98 Å². The molecule has 1 aromatic carbocycles. The van der Waals surface area contributed by atoms with Crippen molar-refractivity contribution in [2.75, 3.05) is 22.5 Å². The van der Waals surface area contributed by atoms with Gasteiger partial charge in [0.1, 0.15) is 11.9 Å². The van der Waals surface area contributed by atoms with Gasteiger partial charge in [-0.3, -0.25) is 0 Å². The van der Waals surface area contributed by atoms with Gasteiger partial charge in [0, 0.05) is 35.7 Å². The molecule has 0 unspecified atom stereocenters. The van der Waals surface area contributed by atoms with E-state index in [4.69, 9.17) is 16.0 Å². The molecule has 1 saturated heterocycles. The highest BCUT2D eigenvalue weighted by Gasteiger charge is 2.22. The molecule has 3 rings (SSSR count). The Hall–Kier alpha value is -2.52. The normalized spacial score (nSPS) is 16.0. The molecule has 6 nitrogen and oxygen atoms in total. The number of nitriles is 1. The average molecular weight is 373 g/mol. The summed E-state index contributed by atoms with van der Waals surface area (Å²) >= 11 is 0. The highest BCUT2D eigenvalue weighted by molar-refractivity contribution is 5.85. The van der Waals surface area contributed by atoms with Crippen LogP contribution in [0.25, 0.3) is 0 Å². The van der Waals surface area contributed by atoms with Gasteiger partial charge in [0.2, 0.25) is 5.95 Å². The number of hydrogen-bond acceptors (Lipinski definition) is 6. The number of nitrogens with two attached hydrogens (primary N) is 1. The van der Waals surface area contributed by atoms with Crippen LogP contribution in [-0.2, 0) is 6.42 Å². The number of aromatic nitrogens is 2. The van der Waals surface area contributed by atoms with Gasteiger partial charge in [-0.2, -0.15) is 10.2 Å². The van der Waals surface area contributed by atoms with Crippen LogP contribution < -0.4 is 16.0 Å². The number of nitrogen functional groups attached to an aromatic ring is 1. The van der Waals surface area contributed by atoms with Gasteiger partial charge in [0.05, 0.1) is 5.56 Å². The zero-order valence-corrected chi connectivity index (χ0v) is 16.0. The van der Waals surface area contributed by atoms with Gasteiger partial charge in [0.25, 0.3) is 0 Å². The first-order valence-corrected chi connectivity index (χ1v) is 8.82. The average Bonchev–Trinajstić information content (AvgIpc) is 3.03. The van der Waals surface area contributed by atoms with E-state index < -0.39 is 0 Å². The second-order valence-corrected chi connectivity index (χ2v) is 6.51. The fourth-order valence-electron chi connectivity index (χ4n) is 3.20. The highest BCUT2D eigenvalue weighted by atomic mass is 35.5. The summed E-state index contributed by atoms with van der Waals surface area (Å²) < 4.78 is 0. The molecule has 138 valence electrons. The van der Waals surface area contributed by atoms with E-state index in [1.165, 1.54) is 12.8 Å². The summed E-state index contributed by atoms with van der Waals surface area (Å²) in [5.41, 5.74) is 8.51. The third-order valence-electron chi connectivity index (χ3n) is 4.55. The first kappa shape index (κ1) is 19.8. The van der Waals surface area contributed by atoms with Crippen LogP contribution >= 0.6 is 12.4 Å². The van der Waals surface area contributed by atoms with Crippen molar-refractivity contribution >= 4 is 35.5 Å². The van der Waals surface area contributed by atoms with Crippen molar-refractivity contribution in [3.8, 4) is 6.07 Å². The minimum Gasteiger partial charge on any atom is -0.398 e. The Morgan fingerprint density at radius 2 is 2.15 bits per heavy atom. The van der Waals surface area contributed by atoms with Gasteiger partial charge in [-0.1, -0.05) is 13.3 Å². The largest absolute Gasteiger partial charge is 0.398 e. The number of hydrogen-bond donors (Lipinski definition) is 2. The van der Waals surface area contributed by atoms with E-state index >= 15 is 0 Å². The zero-order valence-electron chi connectivity index (χ0n) is 15.2. The van der Waals surface area contributed by atoms with Crippen LogP contribution in [0.5, 0.6) is 0 Å². The van der Waals surface area contributed by atoms with E-state index in [1.54, 1.807) is 12.1 Å². The van der Waals surface area contributed by atoms with Crippen LogP contribution in [0, 0.1) is 11.3 Å². The molecule has 0 radical (unpaired) electrons. The minimum absolute atomic E-state index is 0. The van der Waals surface area contributed by atoms with Crippen molar-refractivity contribution in [1.29, 1.82) is 5.26 Å². The quantitative estimate of drug-likeness (QED) is 0.770. The van der Waals surface area contributed by atoms with Crippen molar-refractivity contribution in [2.24, 2.45) is 0 Å². The second kappa shape index (κ2) is 8.72. The number of nitrogens with one attached hydrogen (secondary N) is 1. The number of nitrogens with zero attached hydrogens (tertiary/aromatic N) is 4. The predicted octanol–water partition coefficient (Wildman–Crippen LogP) is 4.04. The number of benzene rings is 1. The van der Waals surface area contributed by atoms with Crippen LogP contribution in [0.15, 0.2) is 24.3 Å². The Balaban J connectivity index is 0.00000243. The molecule has 1 aromatic heterocycles. The third-order valence-corrected chi connectivity index (χ3v) is 4.55. The summed E-state index contributed by atoms with van der Waals surface area (Å²) in [6, 6.07) is 9.98. The molecule has 0 saturated carbocycles. The number of aryl methyl sites for hydroxylation is 1. The monoisotopic (exact) mass is 372 g/mol. The maximum Gasteiger partial charge on any atom is 0.229 e. The lowest BCUT2D eigenvalue weighted by Crippen LogP contribution is -2.27. The molecule has 0 amide bonds. The molecule has 1 fully saturated rings. The fourth-order valence-corrected chi connectivity index (χ4v) is 3.20. The van der Waals surface area contributed by atoms with E-state index in [9.17, 15) is 0 Å². The van der Waals surface area contributed by atoms with Crippen LogP contribution in [0.1, 0.15) is 44.4 Å². The Morgan fingerprint density at radius 1 is 1.35 bits per heavy atom. The van der Waals surface area contributed by atoms with E-state index in [1.807, 2.05) is 6.07 Å². The summed E-state index contributed by atoms with van der Waals surface area (Å²) in [5, 5.41) is 12.4. The molecule has 26 heavy (non-hydrogen) atoms. The lowest BCUT2D eigenvalue weighted by molar-refractivity contribution is 0.724. The maximum absolute atomic E-state index is 9.14. The summed E-state index contributed by atoms with van der Waals surface area (Å²) in [6.45, 7) is 5.41. The third kappa shape index (κ3) is 4.36. The molecule has 0 aliphatic carbocycles. The van der Waals surface area contributed by atoms with Crippen LogP contribution in [0.3, 0.4) is 0 Å². The molecule has 2 heterocycles. The summed E-state index contributed by atoms with van der Waals surface area (Å²) in [6.07, 6.45) is 4.34. The Bertz CT molecular complexity index is 801. The maximum atomic E-state index is 9.14. The van der Waals surface area contributed by atoms with Crippen molar-refractivity contribution in [2.45, 2.75) is 45.6 Å². The Kier molecular flexibility index (Phi) is 6.64. The van der Waals surface area contributed by atoms with Crippen molar-refractivity contribution in [1.82, 2.24) is 9.97 Å². The first-order chi connectivity index (χ1) is 12.1. The van der Waals surface area contributed by atoms with E-state index in [-0.39, 0.29) is 12.4 Å². The summed E-state index contributed by atoms with van der Waals surface area (Å²) in [5.74, 6) is 1.54. The van der Waals surface area contributed by atoms with Gasteiger partial charge in [0.15, 0.2) is 0 Å². The van der Waals surface area contributed by atoms with Crippen LogP contribution in [0.2, 0.25) is 0 Å². The molecule has 1 aliphatic heterocycles. The van der Waals surface area contributed by atoms with Crippen LogP contribution in [0.4, 0.5) is 23.1 Å². The molecular weight excluding hydrogens is 348 g/mol. The molecule has 3 N–H and O–H groups in total. The second-order valence-electron chi connectivity index (χ2n) is 6.51. The lowest BCUT2D eigenvalue weighted by atomic mass is 10.2. The van der Waals surface area contributed by atoms with Gasteiger partial charge >= 0.3 is 0 Å². The van der Waals surface area contributed by atoms with Crippen molar-refractivity contribution in [3.05, 3.63) is 35.5 Å². The minimum atomic E-state index is 0. The van der Waals surface area contributed by atoms with E-state index in [2.05, 4.69) is 41.2 Å². The topological polar surface area (TPSA) is 90.9 Å². The van der Waals surface area contributed by atoms with Crippen molar-refractivity contribution in [3.63, 3.8) is 0 Å². The van der Waals surface area contributed by atoms with Gasteiger partial charge in [-0.05, 0) is 44.4 Å². The van der Waals surface area contributed by atoms with E-state index in [0.717, 1.165) is 36.6 Å². The SMILES string of the molecule is CCCc1cc(N2CCC[C@H]2C)nc(Nc2ccc(N)c(C#N)c2)n1.Cl. The molecule has 0 spiro atoms. The van der Waals surface area contributed by atoms with E-state index in [0.29, 0.717) is 23.2 Å². The van der Waals surface area contributed by atoms with Crippen molar-refractivity contribution < 1.29 is 0 Å². The molecule has 0 bridgehead atoms. The summed E-state index contributed by atoms with van der Waals surface area (Å²) in [4.78, 5) is 11.7.